The van der Waals surface area contributed by atoms with Gasteiger partial charge >= 0.3 is 5.97 Å². The highest BCUT2D eigenvalue weighted by Crippen LogP contribution is 2.41. The molecule has 4 rings (SSSR count). The van der Waals surface area contributed by atoms with Crippen LogP contribution in [0.3, 0.4) is 0 Å². The highest BCUT2D eigenvalue weighted by atomic mass is 32.1. The molecule has 2 aromatic heterocycles. The molecule has 8 heteroatoms. The van der Waals surface area contributed by atoms with Gasteiger partial charge in [-0.15, -0.1) is 0 Å². The number of carboxylic acids is 1. The number of aromatic carboxylic acids is 1. The van der Waals surface area contributed by atoms with Crippen LogP contribution < -0.4 is 5.32 Å². The SMILES string of the molecule is COCCN1C(=S)N[C@H](c2ccccn2)[C@@H]1c1cc(C)n(-c2cc(C(=O)O)ccc2C)c1C. The van der Waals surface area contributed by atoms with E-state index in [-0.39, 0.29) is 17.6 Å². The number of nitrogens with zero attached hydrogens (tertiary/aromatic N) is 3. The number of benzene rings is 1. The zero-order chi connectivity index (χ0) is 23.7. The van der Waals surface area contributed by atoms with Crippen molar-refractivity contribution in [2.24, 2.45) is 0 Å². The highest BCUT2D eigenvalue weighted by molar-refractivity contribution is 7.80. The molecule has 33 heavy (non-hydrogen) atoms. The van der Waals surface area contributed by atoms with Gasteiger partial charge in [-0.25, -0.2) is 4.79 Å². The van der Waals surface area contributed by atoms with Crippen LogP contribution in [0.4, 0.5) is 0 Å². The normalized spacial score (nSPS) is 17.9. The number of carbonyl (C=O) groups is 1. The average molecular weight is 465 g/mol. The fraction of sp³-hybridized carbons (Fsp3) is 0.320. The first-order valence-corrected chi connectivity index (χ1v) is 11.2. The molecule has 0 saturated carbocycles. The Balaban J connectivity index is 1.85. The van der Waals surface area contributed by atoms with Crippen molar-refractivity contribution >= 4 is 23.3 Å². The molecule has 0 aliphatic carbocycles. The lowest BCUT2D eigenvalue weighted by atomic mass is 9.97. The van der Waals surface area contributed by atoms with Gasteiger partial charge in [-0.1, -0.05) is 12.1 Å². The summed E-state index contributed by atoms with van der Waals surface area (Å²) in [5, 5.41) is 13.6. The zero-order valence-electron chi connectivity index (χ0n) is 19.2. The number of aromatic nitrogens is 2. The van der Waals surface area contributed by atoms with Crippen LogP contribution in [-0.2, 0) is 4.74 Å². The minimum atomic E-state index is -0.940. The van der Waals surface area contributed by atoms with E-state index in [1.54, 1.807) is 25.4 Å². The number of ether oxygens (including phenoxy) is 1. The van der Waals surface area contributed by atoms with Crippen molar-refractivity contribution in [3.8, 4) is 5.69 Å². The van der Waals surface area contributed by atoms with Crippen LogP contribution >= 0.6 is 12.2 Å². The van der Waals surface area contributed by atoms with E-state index in [2.05, 4.69) is 32.8 Å². The Morgan fingerprint density at radius 2 is 2.00 bits per heavy atom. The summed E-state index contributed by atoms with van der Waals surface area (Å²) in [4.78, 5) is 18.4. The molecule has 1 aliphatic heterocycles. The Labute approximate surface area is 199 Å². The lowest BCUT2D eigenvalue weighted by molar-refractivity contribution is 0.0697. The maximum absolute atomic E-state index is 11.6. The molecule has 1 aliphatic rings. The lowest BCUT2D eigenvalue weighted by Crippen LogP contribution is -2.32. The molecule has 1 aromatic carbocycles. The predicted octanol–water partition coefficient (Wildman–Crippen LogP) is 4.11. The molecule has 0 spiro atoms. The third-order valence-electron chi connectivity index (χ3n) is 6.22. The van der Waals surface area contributed by atoms with Gasteiger partial charge in [0.15, 0.2) is 5.11 Å². The van der Waals surface area contributed by atoms with Crippen LogP contribution in [0.2, 0.25) is 0 Å². The minimum Gasteiger partial charge on any atom is -0.478 e. The fourth-order valence-electron chi connectivity index (χ4n) is 4.62. The summed E-state index contributed by atoms with van der Waals surface area (Å²) in [6.07, 6.45) is 1.79. The second-order valence-electron chi connectivity index (χ2n) is 8.28. The zero-order valence-corrected chi connectivity index (χ0v) is 20.0. The topological polar surface area (TPSA) is 79.6 Å². The highest BCUT2D eigenvalue weighted by Gasteiger charge is 2.41. The van der Waals surface area contributed by atoms with Gasteiger partial charge in [0.1, 0.15) is 0 Å². The van der Waals surface area contributed by atoms with Crippen LogP contribution in [0.5, 0.6) is 0 Å². The second-order valence-corrected chi connectivity index (χ2v) is 8.67. The summed E-state index contributed by atoms with van der Waals surface area (Å²) in [7, 11) is 1.68. The molecule has 0 radical (unpaired) electrons. The Kier molecular flexibility index (Phi) is 6.49. The van der Waals surface area contributed by atoms with Gasteiger partial charge < -0.3 is 24.6 Å². The molecule has 3 aromatic rings. The van der Waals surface area contributed by atoms with Gasteiger partial charge in [0.25, 0.3) is 0 Å². The minimum absolute atomic E-state index is 0.0783. The average Bonchev–Trinajstić information content (AvgIpc) is 3.28. The van der Waals surface area contributed by atoms with Crippen molar-refractivity contribution in [1.29, 1.82) is 0 Å². The Morgan fingerprint density at radius 1 is 1.21 bits per heavy atom. The molecule has 0 amide bonds. The van der Waals surface area contributed by atoms with Gasteiger partial charge in [-0.3, -0.25) is 4.98 Å². The molecular weight excluding hydrogens is 436 g/mol. The Bertz CT molecular complexity index is 1190. The summed E-state index contributed by atoms with van der Waals surface area (Å²) < 4.78 is 7.48. The Morgan fingerprint density at radius 3 is 2.67 bits per heavy atom. The van der Waals surface area contributed by atoms with E-state index >= 15 is 0 Å². The summed E-state index contributed by atoms with van der Waals surface area (Å²) in [5.41, 5.74) is 6.23. The Hall–Kier alpha value is -3.23. The maximum Gasteiger partial charge on any atom is 0.335 e. The van der Waals surface area contributed by atoms with Crippen molar-refractivity contribution in [3.05, 3.63) is 82.4 Å². The first-order valence-electron chi connectivity index (χ1n) is 10.8. The summed E-state index contributed by atoms with van der Waals surface area (Å²) >= 11 is 5.71. The first-order chi connectivity index (χ1) is 15.8. The number of nitrogens with one attached hydrogen (secondary N) is 1. The monoisotopic (exact) mass is 464 g/mol. The first kappa shape index (κ1) is 22.9. The maximum atomic E-state index is 11.6. The van der Waals surface area contributed by atoms with E-state index in [4.69, 9.17) is 17.0 Å². The summed E-state index contributed by atoms with van der Waals surface area (Å²) in [5.74, 6) is -0.940. The van der Waals surface area contributed by atoms with Crippen molar-refractivity contribution in [2.75, 3.05) is 20.3 Å². The molecule has 0 bridgehead atoms. The number of methoxy groups -OCH3 is 1. The van der Waals surface area contributed by atoms with Gasteiger partial charge in [0, 0.05) is 36.9 Å². The number of thiocarbonyl (C=S) groups is 1. The number of pyridine rings is 1. The largest absolute Gasteiger partial charge is 0.478 e. The van der Waals surface area contributed by atoms with E-state index < -0.39 is 5.97 Å². The number of carboxylic acid groups (broad SMARTS) is 1. The quantitative estimate of drug-likeness (QED) is 0.509. The molecule has 1 saturated heterocycles. The third-order valence-corrected chi connectivity index (χ3v) is 6.57. The molecule has 3 heterocycles. The van der Waals surface area contributed by atoms with Gasteiger partial charge in [-0.2, -0.15) is 0 Å². The third kappa shape index (κ3) is 4.24. The number of rotatable bonds is 7. The van der Waals surface area contributed by atoms with Crippen LogP contribution in [0.1, 0.15) is 50.7 Å². The van der Waals surface area contributed by atoms with Gasteiger partial charge in [0.05, 0.1) is 29.9 Å². The van der Waals surface area contributed by atoms with E-state index in [1.165, 1.54) is 0 Å². The van der Waals surface area contributed by atoms with E-state index in [1.807, 2.05) is 38.1 Å². The standard InChI is InChI=1S/C25H28N4O3S/c1-15-8-9-18(24(30)31)14-21(15)29-16(2)13-19(17(29)3)23-22(20-7-5-6-10-26-20)27-25(33)28(23)11-12-32-4/h5-10,13-14,22-23H,11-12H2,1-4H3,(H,27,33)(H,30,31)/t22-,23+/m1/s1. The smallest absolute Gasteiger partial charge is 0.335 e. The molecule has 172 valence electrons. The molecule has 2 atom stereocenters. The van der Waals surface area contributed by atoms with Crippen molar-refractivity contribution in [3.63, 3.8) is 0 Å². The second kappa shape index (κ2) is 9.33. The van der Waals surface area contributed by atoms with E-state index in [9.17, 15) is 9.90 Å². The van der Waals surface area contributed by atoms with E-state index in [0.29, 0.717) is 18.3 Å². The van der Waals surface area contributed by atoms with Crippen molar-refractivity contribution in [1.82, 2.24) is 19.8 Å². The summed E-state index contributed by atoms with van der Waals surface area (Å²) in [6, 6.07) is 13.1. The molecule has 7 nitrogen and oxygen atoms in total. The number of hydrogen-bond donors (Lipinski definition) is 2. The molecule has 1 fully saturated rings. The van der Waals surface area contributed by atoms with Gasteiger partial charge in [-0.05, 0) is 74.4 Å². The molecular formula is C25H28N4O3S. The molecule has 0 unspecified atom stereocenters. The van der Waals surface area contributed by atoms with E-state index in [0.717, 1.165) is 33.9 Å². The lowest BCUT2D eigenvalue weighted by Gasteiger charge is -2.28. The van der Waals surface area contributed by atoms with Crippen molar-refractivity contribution < 1.29 is 14.6 Å². The predicted molar refractivity (Wildman–Crippen MR) is 131 cm³/mol. The van der Waals surface area contributed by atoms with Gasteiger partial charge in [0.2, 0.25) is 0 Å². The number of hydrogen-bond acceptors (Lipinski definition) is 4. The van der Waals surface area contributed by atoms with Crippen LogP contribution in [0.15, 0.2) is 48.7 Å². The van der Waals surface area contributed by atoms with Crippen LogP contribution in [0.25, 0.3) is 5.69 Å². The number of aryl methyl sites for hydroxylation is 2. The molecule has 2 N–H and O–H groups in total. The van der Waals surface area contributed by atoms with Crippen LogP contribution in [0, 0.1) is 20.8 Å². The summed E-state index contributed by atoms with van der Waals surface area (Å²) in [6.45, 7) is 7.30. The fourth-order valence-corrected chi connectivity index (χ4v) is 4.95. The van der Waals surface area contributed by atoms with Crippen molar-refractivity contribution in [2.45, 2.75) is 32.9 Å². The van der Waals surface area contributed by atoms with Crippen LogP contribution in [-0.4, -0.2) is 50.9 Å².